The lowest BCUT2D eigenvalue weighted by Gasteiger charge is -2.40. The third-order valence-electron chi connectivity index (χ3n) is 5.82. The van der Waals surface area contributed by atoms with Crippen molar-refractivity contribution in [2.24, 2.45) is 4.99 Å². The summed E-state index contributed by atoms with van der Waals surface area (Å²) < 4.78 is 11.5. The van der Waals surface area contributed by atoms with Crippen LogP contribution in [-0.4, -0.2) is 25.9 Å². The van der Waals surface area contributed by atoms with Gasteiger partial charge in [-0.25, -0.2) is 0 Å². The molecule has 5 heteroatoms. The fraction of sp³-hybridized carbons (Fsp3) is 0.222. The monoisotopic (exact) mass is 446 g/mol. The highest BCUT2D eigenvalue weighted by atomic mass is 35.5. The van der Waals surface area contributed by atoms with Gasteiger partial charge in [-0.15, -0.1) is 0 Å². The highest BCUT2D eigenvalue weighted by Crippen LogP contribution is 2.41. The molecule has 4 nitrogen and oxygen atoms in total. The fourth-order valence-electron chi connectivity index (χ4n) is 3.87. The number of ether oxygens (including phenoxy) is 2. The Morgan fingerprint density at radius 3 is 2.41 bits per heavy atom. The van der Waals surface area contributed by atoms with Gasteiger partial charge >= 0.3 is 0 Å². The molecule has 0 N–H and O–H groups in total. The molecule has 0 atom stereocenters. The Morgan fingerprint density at radius 2 is 1.72 bits per heavy atom. The summed E-state index contributed by atoms with van der Waals surface area (Å²) in [6.45, 7) is 6.57. The van der Waals surface area contributed by atoms with Crippen molar-refractivity contribution < 1.29 is 9.47 Å². The van der Waals surface area contributed by atoms with E-state index < -0.39 is 0 Å². The minimum atomic E-state index is -0.0501. The Kier molecular flexibility index (Phi) is 5.98. The topological polar surface area (TPSA) is 34.1 Å². The van der Waals surface area contributed by atoms with E-state index in [1.54, 1.807) is 13.2 Å². The van der Waals surface area contributed by atoms with Gasteiger partial charge in [-0.1, -0.05) is 29.8 Å². The van der Waals surface area contributed by atoms with Crippen LogP contribution in [0.25, 0.3) is 5.57 Å². The molecule has 0 spiro atoms. The number of para-hydroxylation sites is 1. The number of methoxy groups -OCH3 is 1. The average Bonchev–Trinajstić information content (AvgIpc) is 2.78. The van der Waals surface area contributed by atoms with Gasteiger partial charge in [0.15, 0.2) is 0 Å². The van der Waals surface area contributed by atoms with E-state index in [2.05, 4.69) is 55.9 Å². The van der Waals surface area contributed by atoms with Crippen LogP contribution in [0.3, 0.4) is 0 Å². The summed E-state index contributed by atoms with van der Waals surface area (Å²) in [5.41, 5.74) is 5.31. The van der Waals surface area contributed by atoms with Crippen LogP contribution in [0.5, 0.6) is 17.2 Å². The quantitative estimate of drug-likeness (QED) is 0.380. The first-order valence-electron chi connectivity index (χ1n) is 10.5. The van der Waals surface area contributed by atoms with Crippen molar-refractivity contribution in [3.63, 3.8) is 0 Å². The van der Waals surface area contributed by atoms with E-state index in [1.165, 1.54) is 11.1 Å². The SMILES string of the molecule is COc1cc2c(cc1C=Nc1ccc(Oc3ccccc3Cl)cc1)C(C)=CC(C)(C)N2C. The van der Waals surface area contributed by atoms with Crippen molar-refractivity contribution in [1.82, 2.24) is 0 Å². The molecule has 1 heterocycles. The third-order valence-corrected chi connectivity index (χ3v) is 6.13. The Bertz CT molecular complexity index is 1200. The van der Waals surface area contributed by atoms with E-state index in [0.29, 0.717) is 16.5 Å². The van der Waals surface area contributed by atoms with Gasteiger partial charge in [-0.05, 0) is 68.8 Å². The molecular weight excluding hydrogens is 420 g/mol. The molecule has 0 radical (unpaired) electrons. The molecule has 1 aliphatic heterocycles. The van der Waals surface area contributed by atoms with Crippen LogP contribution in [0, 0.1) is 0 Å². The molecule has 0 bridgehead atoms. The van der Waals surface area contributed by atoms with Gasteiger partial charge in [0.05, 0.1) is 23.4 Å². The van der Waals surface area contributed by atoms with Crippen LogP contribution in [0.1, 0.15) is 31.9 Å². The van der Waals surface area contributed by atoms with Crippen molar-refractivity contribution in [2.45, 2.75) is 26.3 Å². The van der Waals surface area contributed by atoms with Crippen molar-refractivity contribution in [3.8, 4) is 17.2 Å². The van der Waals surface area contributed by atoms with Crippen LogP contribution >= 0.6 is 11.6 Å². The number of fused-ring (bicyclic) bond motifs is 1. The molecule has 0 saturated heterocycles. The van der Waals surface area contributed by atoms with Crippen molar-refractivity contribution >= 4 is 34.8 Å². The largest absolute Gasteiger partial charge is 0.496 e. The van der Waals surface area contributed by atoms with E-state index in [1.807, 2.05) is 48.7 Å². The van der Waals surface area contributed by atoms with Gasteiger partial charge in [0.2, 0.25) is 0 Å². The zero-order chi connectivity index (χ0) is 22.9. The summed E-state index contributed by atoms with van der Waals surface area (Å²) in [6, 6.07) is 19.2. The second-order valence-electron chi connectivity index (χ2n) is 8.44. The molecule has 0 unspecified atom stereocenters. The van der Waals surface area contributed by atoms with Crippen LogP contribution < -0.4 is 14.4 Å². The lowest BCUT2D eigenvalue weighted by atomic mass is 9.88. The summed E-state index contributed by atoms with van der Waals surface area (Å²) >= 11 is 6.17. The van der Waals surface area contributed by atoms with Gasteiger partial charge in [-0.2, -0.15) is 0 Å². The number of hydrogen-bond acceptors (Lipinski definition) is 4. The van der Waals surface area contributed by atoms with Crippen LogP contribution in [0.15, 0.2) is 71.7 Å². The second kappa shape index (κ2) is 8.71. The first kappa shape index (κ1) is 22.0. The molecule has 0 amide bonds. The van der Waals surface area contributed by atoms with E-state index in [9.17, 15) is 0 Å². The molecule has 1 aliphatic rings. The first-order chi connectivity index (χ1) is 15.3. The van der Waals surface area contributed by atoms with Gasteiger partial charge < -0.3 is 14.4 Å². The highest BCUT2D eigenvalue weighted by Gasteiger charge is 2.29. The standard InChI is InChI=1S/C27H27ClN2O2/c1-18-16-27(2,3)30(4)24-15-26(31-5)19(14-22(18)24)17-29-20-10-12-21(13-11-20)32-25-9-7-6-8-23(25)28/h6-17H,1-5H3. The number of nitrogens with zero attached hydrogens (tertiary/aromatic N) is 2. The zero-order valence-corrected chi connectivity index (χ0v) is 19.8. The molecule has 164 valence electrons. The summed E-state index contributed by atoms with van der Waals surface area (Å²) in [6.07, 6.45) is 4.14. The number of aliphatic imine (C=N–C) groups is 1. The molecule has 0 aliphatic carbocycles. The number of rotatable bonds is 5. The lowest BCUT2D eigenvalue weighted by molar-refractivity contribution is 0.414. The van der Waals surface area contributed by atoms with Crippen molar-refractivity contribution in [3.05, 3.63) is 82.9 Å². The maximum atomic E-state index is 6.17. The minimum absolute atomic E-state index is 0.0501. The second-order valence-corrected chi connectivity index (χ2v) is 8.84. The Balaban J connectivity index is 1.58. The van der Waals surface area contributed by atoms with E-state index in [-0.39, 0.29) is 5.54 Å². The molecule has 3 aromatic rings. The molecule has 0 saturated carbocycles. The van der Waals surface area contributed by atoms with Gasteiger partial charge in [0, 0.05) is 36.1 Å². The summed E-state index contributed by atoms with van der Waals surface area (Å²) in [5.74, 6) is 2.12. The molecular formula is C27H27ClN2O2. The predicted octanol–water partition coefficient (Wildman–Crippen LogP) is 7.52. The van der Waals surface area contributed by atoms with E-state index in [0.717, 1.165) is 22.7 Å². The van der Waals surface area contributed by atoms with Crippen LogP contribution in [0.4, 0.5) is 11.4 Å². The lowest BCUT2D eigenvalue weighted by Crippen LogP contribution is -2.42. The zero-order valence-electron chi connectivity index (χ0n) is 19.0. The highest BCUT2D eigenvalue weighted by molar-refractivity contribution is 6.32. The molecule has 3 aromatic carbocycles. The first-order valence-corrected chi connectivity index (χ1v) is 10.9. The number of allylic oxidation sites excluding steroid dienone is 1. The Labute approximate surface area is 194 Å². The van der Waals surface area contributed by atoms with Gasteiger partial charge in [0.25, 0.3) is 0 Å². The van der Waals surface area contributed by atoms with Gasteiger partial charge in [0.1, 0.15) is 17.2 Å². The maximum absolute atomic E-state index is 6.17. The predicted molar refractivity (Wildman–Crippen MR) is 134 cm³/mol. The van der Waals surface area contributed by atoms with E-state index >= 15 is 0 Å². The minimum Gasteiger partial charge on any atom is -0.496 e. The summed E-state index contributed by atoms with van der Waals surface area (Å²) in [7, 11) is 3.80. The van der Waals surface area contributed by atoms with Crippen molar-refractivity contribution in [2.75, 3.05) is 19.1 Å². The molecule has 4 rings (SSSR count). The maximum Gasteiger partial charge on any atom is 0.146 e. The summed E-state index contributed by atoms with van der Waals surface area (Å²) in [4.78, 5) is 6.93. The van der Waals surface area contributed by atoms with Gasteiger partial charge in [-0.3, -0.25) is 4.99 Å². The number of likely N-dealkylation sites (N-methyl/N-ethyl adjacent to an activating group) is 1. The molecule has 32 heavy (non-hydrogen) atoms. The third kappa shape index (κ3) is 4.37. The fourth-order valence-corrected chi connectivity index (χ4v) is 4.04. The number of halogens is 1. The Morgan fingerprint density at radius 1 is 1.00 bits per heavy atom. The number of benzene rings is 3. The van der Waals surface area contributed by atoms with Crippen molar-refractivity contribution in [1.29, 1.82) is 0 Å². The average molecular weight is 447 g/mol. The normalized spacial score (nSPS) is 14.8. The van der Waals surface area contributed by atoms with Crippen LogP contribution in [0.2, 0.25) is 5.02 Å². The molecule has 0 fully saturated rings. The summed E-state index contributed by atoms with van der Waals surface area (Å²) in [5, 5.41) is 0.576. The van der Waals surface area contributed by atoms with Crippen LogP contribution in [-0.2, 0) is 0 Å². The number of anilines is 1. The van der Waals surface area contributed by atoms with E-state index in [4.69, 9.17) is 21.1 Å². The molecule has 0 aromatic heterocycles. The Hall–Kier alpha value is -3.24. The smallest absolute Gasteiger partial charge is 0.146 e. The number of hydrogen-bond donors (Lipinski definition) is 0.